The minimum absolute atomic E-state index is 0.220. The number of hydrogen-bond acceptors (Lipinski definition) is 3. The van der Waals surface area contributed by atoms with Gasteiger partial charge in [-0.3, -0.25) is 9.69 Å². The molecule has 1 N–H and O–H groups in total. The number of nitrogens with zero attached hydrogens (tertiary/aromatic N) is 3. The Morgan fingerprint density at radius 1 is 1.03 bits per heavy atom. The molecule has 0 aliphatic heterocycles. The van der Waals surface area contributed by atoms with Crippen LogP contribution in [-0.4, -0.2) is 33.7 Å². The van der Waals surface area contributed by atoms with E-state index in [1.54, 1.807) is 11.6 Å². The molecule has 0 saturated heterocycles. The zero-order valence-electron chi connectivity index (χ0n) is 17.2. The average molecular weight is 411 g/mol. The fourth-order valence-electron chi connectivity index (χ4n) is 3.24. The van der Waals surface area contributed by atoms with Gasteiger partial charge in [0.05, 0.1) is 16.9 Å². The third-order valence-corrected chi connectivity index (χ3v) is 5.36. The number of halogens is 1. The molecule has 3 rings (SSSR count). The van der Waals surface area contributed by atoms with Gasteiger partial charge in [0, 0.05) is 13.1 Å². The largest absolute Gasteiger partial charge is 0.348 e. The van der Waals surface area contributed by atoms with Gasteiger partial charge in [-0.1, -0.05) is 67.9 Å². The lowest BCUT2D eigenvalue weighted by atomic mass is 10.1. The van der Waals surface area contributed by atoms with Gasteiger partial charge in [0.2, 0.25) is 0 Å². The Kier molecular flexibility index (Phi) is 7.07. The number of para-hydroxylation sites is 1. The highest BCUT2D eigenvalue weighted by Gasteiger charge is 2.20. The van der Waals surface area contributed by atoms with Crippen molar-refractivity contribution in [2.45, 2.75) is 33.9 Å². The second kappa shape index (κ2) is 9.72. The molecule has 3 aromatic rings. The monoisotopic (exact) mass is 410 g/mol. The number of amides is 1. The molecule has 2 aromatic carbocycles. The van der Waals surface area contributed by atoms with Crippen LogP contribution in [0.15, 0.2) is 54.6 Å². The molecule has 1 amide bonds. The molecule has 0 saturated carbocycles. The molecule has 1 aromatic heterocycles. The van der Waals surface area contributed by atoms with Crippen molar-refractivity contribution >= 4 is 17.5 Å². The molecule has 0 aliphatic rings. The van der Waals surface area contributed by atoms with Gasteiger partial charge in [0.1, 0.15) is 5.15 Å². The molecule has 152 valence electrons. The molecule has 29 heavy (non-hydrogen) atoms. The molecule has 0 bridgehead atoms. The van der Waals surface area contributed by atoms with Crippen LogP contribution in [-0.2, 0) is 13.1 Å². The molecule has 0 aliphatic carbocycles. The lowest BCUT2D eigenvalue weighted by Gasteiger charge is -2.18. The summed E-state index contributed by atoms with van der Waals surface area (Å²) in [4.78, 5) is 15.1. The van der Waals surface area contributed by atoms with Crippen molar-refractivity contribution < 1.29 is 4.79 Å². The predicted octanol–water partition coefficient (Wildman–Crippen LogP) is 4.61. The van der Waals surface area contributed by atoms with E-state index in [0.717, 1.165) is 30.9 Å². The van der Waals surface area contributed by atoms with Crippen LogP contribution in [0.5, 0.6) is 0 Å². The maximum absolute atomic E-state index is 12.7. The zero-order valence-corrected chi connectivity index (χ0v) is 17.9. The lowest BCUT2D eigenvalue weighted by molar-refractivity contribution is 0.0950. The summed E-state index contributed by atoms with van der Waals surface area (Å²) in [5.41, 5.74) is 4.15. The molecular weight excluding hydrogens is 384 g/mol. The van der Waals surface area contributed by atoms with Crippen LogP contribution >= 0.6 is 11.6 Å². The topological polar surface area (TPSA) is 50.2 Å². The van der Waals surface area contributed by atoms with Gasteiger partial charge in [0.25, 0.3) is 5.91 Å². The number of nitrogens with one attached hydrogen (secondary N) is 1. The van der Waals surface area contributed by atoms with E-state index in [2.05, 4.69) is 53.4 Å². The normalized spacial score (nSPS) is 11.1. The number of benzene rings is 2. The summed E-state index contributed by atoms with van der Waals surface area (Å²) in [5, 5.41) is 7.71. The third-order valence-electron chi connectivity index (χ3n) is 5.01. The summed E-state index contributed by atoms with van der Waals surface area (Å²) in [7, 11) is 0. The zero-order chi connectivity index (χ0) is 20.8. The molecule has 0 atom stereocenters. The van der Waals surface area contributed by atoms with Crippen molar-refractivity contribution in [3.05, 3.63) is 82.1 Å². The summed E-state index contributed by atoms with van der Waals surface area (Å²) >= 11 is 6.47. The van der Waals surface area contributed by atoms with E-state index in [1.807, 2.05) is 30.3 Å². The van der Waals surface area contributed by atoms with Crippen molar-refractivity contribution in [3.8, 4) is 5.69 Å². The van der Waals surface area contributed by atoms with Crippen molar-refractivity contribution in [1.29, 1.82) is 0 Å². The van der Waals surface area contributed by atoms with E-state index in [9.17, 15) is 4.79 Å². The average Bonchev–Trinajstić information content (AvgIpc) is 3.05. The Morgan fingerprint density at radius 3 is 2.28 bits per heavy atom. The van der Waals surface area contributed by atoms with Crippen LogP contribution in [0.3, 0.4) is 0 Å². The lowest BCUT2D eigenvalue weighted by Crippen LogP contribution is -2.24. The Bertz CT molecular complexity index is 947. The first kappa shape index (κ1) is 21.1. The van der Waals surface area contributed by atoms with Gasteiger partial charge in [-0.15, -0.1) is 0 Å². The van der Waals surface area contributed by atoms with E-state index in [-0.39, 0.29) is 5.91 Å². The molecule has 0 fully saturated rings. The van der Waals surface area contributed by atoms with Crippen LogP contribution in [0.2, 0.25) is 5.15 Å². The number of carbonyl (C=O) groups excluding carboxylic acids is 1. The maximum atomic E-state index is 12.7. The Labute approximate surface area is 177 Å². The molecule has 5 nitrogen and oxygen atoms in total. The fourth-order valence-corrected chi connectivity index (χ4v) is 3.59. The summed E-state index contributed by atoms with van der Waals surface area (Å²) < 4.78 is 1.59. The fraction of sp³-hybridized carbons (Fsp3) is 0.304. The van der Waals surface area contributed by atoms with Crippen molar-refractivity contribution in [1.82, 2.24) is 20.0 Å². The van der Waals surface area contributed by atoms with E-state index in [4.69, 9.17) is 11.6 Å². The van der Waals surface area contributed by atoms with Gasteiger partial charge in [-0.05, 0) is 43.3 Å². The number of hydrogen-bond donors (Lipinski definition) is 1. The van der Waals surface area contributed by atoms with Gasteiger partial charge in [-0.2, -0.15) is 5.10 Å². The Morgan fingerprint density at radius 2 is 1.66 bits per heavy atom. The maximum Gasteiger partial charge on any atom is 0.256 e. The van der Waals surface area contributed by atoms with Crippen LogP contribution in [0, 0.1) is 6.92 Å². The number of aryl methyl sites for hydroxylation is 1. The SMILES string of the molecule is CCN(CC)Cc1ccc(CNC(=O)c2c(C)nn(-c3ccccc3)c2Cl)cc1. The second-order valence-corrected chi connectivity index (χ2v) is 7.32. The molecule has 1 heterocycles. The van der Waals surface area contributed by atoms with Gasteiger partial charge < -0.3 is 5.32 Å². The highest BCUT2D eigenvalue weighted by Crippen LogP contribution is 2.23. The minimum atomic E-state index is -0.220. The highest BCUT2D eigenvalue weighted by atomic mass is 35.5. The summed E-state index contributed by atoms with van der Waals surface area (Å²) in [6.45, 7) is 9.57. The smallest absolute Gasteiger partial charge is 0.256 e. The molecule has 0 spiro atoms. The van der Waals surface area contributed by atoms with E-state index in [0.29, 0.717) is 23.0 Å². The summed E-state index contributed by atoms with van der Waals surface area (Å²) in [5.74, 6) is -0.220. The summed E-state index contributed by atoms with van der Waals surface area (Å²) in [6, 6.07) is 17.9. The predicted molar refractivity (Wildman–Crippen MR) is 118 cm³/mol. The molecule has 0 radical (unpaired) electrons. The van der Waals surface area contributed by atoms with E-state index < -0.39 is 0 Å². The summed E-state index contributed by atoms with van der Waals surface area (Å²) in [6.07, 6.45) is 0. The number of carbonyl (C=O) groups is 1. The minimum Gasteiger partial charge on any atom is -0.348 e. The van der Waals surface area contributed by atoms with Crippen molar-refractivity contribution in [2.24, 2.45) is 0 Å². The van der Waals surface area contributed by atoms with Gasteiger partial charge in [-0.25, -0.2) is 4.68 Å². The van der Waals surface area contributed by atoms with Gasteiger partial charge in [0.15, 0.2) is 0 Å². The van der Waals surface area contributed by atoms with E-state index in [1.165, 1.54) is 5.56 Å². The van der Waals surface area contributed by atoms with Crippen LogP contribution in [0.1, 0.15) is 41.0 Å². The van der Waals surface area contributed by atoms with E-state index >= 15 is 0 Å². The van der Waals surface area contributed by atoms with Crippen molar-refractivity contribution in [2.75, 3.05) is 13.1 Å². The Balaban J connectivity index is 1.66. The second-order valence-electron chi connectivity index (χ2n) is 6.96. The van der Waals surface area contributed by atoms with Gasteiger partial charge >= 0.3 is 0 Å². The molecule has 0 unspecified atom stereocenters. The molecular formula is C23H27ClN4O. The Hall–Kier alpha value is -2.63. The highest BCUT2D eigenvalue weighted by molar-refractivity contribution is 6.33. The number of aromatic nitrogens is 2. The quantitative estimate of drug-likeness (QED) is 0.590. The standard InChI is InChI=1S/C23H27ClN4O/c1-4-27(5-2)16-19-13-11-18(12-14-19)15-25-23(29)21-17(3)26-28(22(21)24)20-9-7-6-8-10-20/h6-14H,4-5,15-16H2,1-3H3,(H,25,29). The van der Waals surface area contributed by atoms with Crippen molar-refractivity contribution in [3.63, 3.8) is 0 Å². The third kappa shape index (κ3) is 5.05. The number of rotatable bonds is 8. The first-order chi connectivity index (χ1) is 14.0. The van der Waals surface area contributed by atoms with Crippen LogP contribution < -0.4 is 5.32 Å². The van der Waals surface area contributed by atoms with Crippen LogP contribution in [0.25, 0.3) is 5.69 Å². The first-order valence-electron chi connectivity index (χ1n) is 9.92. The van der Waals surface area contributed by atoms with Crippen LogP contribution in [0.4, 0.5) is 0 Å². The molecule has 6 heteroatoms. The first-order valence-corrected chi connectivity index (χ1v) is 10.3.